The molecule has 1 saturated carbocycles. The third-order valence-corrected chi connectivity index (χ3v) is 3.50. The first-order valence-corrected chi connectivity index (χ1v) is 5.93. The highest BCUT2D eigenvalue weighted by molar-refractivity contribution is 6.08. The number of nitrogens with two attached hydrogens (primary N) is 1. The number of nitrogens with zero attached hydrogens (tertiary/aromatic N) is 2. The quantitative estimate of drug-likeness (QED) is 0.320. The summed E-state index contributed by atoms with van der Waals surface area (Å²) in [5, 5.41) is 0. The zero-order valence-corrected chi connectivity index (χ0v) is 10.00. The molecule has 1 aliphatic carbocycles. The molecule has 19 heavy (non-hydrogen) atoms. The number of carbonyl (C=O) groups excluding carboxylic acids is 3. The summed E-state index contributed by atoms with van der Waals surface area (Å²) in [5.74, 6) is 4.14. The van der Waals surface area contributed by atoms with E-state index in [4.69, 9.17) is 5.84 Å². The first-order valence-electron chi connectivity index (χ1n) is 5.93. The number of amides is 3. The number of imide groups is 1. The van der Waals surface area contributed by atoms with Gasteiger partial charge in [-0.3, -0.25) is 29.7 Å². The Hall–Kier alpha value is -2.28. The molecule has 2 unspecified atom stereocenters. The van der Waals surface area contributed by atoms with E-state index in [9.17, 15) is 14.4 Å². The van der Waals surface area contributed by atoms with Crippen molar-refractivity contribution in [3.05, 3.63) is 29.6 Å². The Morgan fingerprint density at radius 2 is 2.05 bits per heavy atom. The molecule has 7 nitrogen and oxygen atoms in total. The highest BCUT2D eigenvalue weighted by Gasteiger charge is 2.58. The molecule has 2 aliphatic rings. The molecule has 0 radical (unpaired) electrons. The largest absolute Gasteiger partial charge is 0.290 e. The molecule has 2 atom stereocenters. The van der Waals surface area contributed by atoms with Crippen LogP contribution < -0.4 is 11.3 Å². The maximum absolute atomic E-state index is 11.8. The Morgan fingerprint density at radius 1 is 1.37 bits per heavy atom. The van der Waals surface area contributed by atoms with Crippen molar-refractivity contribution in [2.75, 3.05) is 0 Å². The molecule has 3 amide bonds. The van der Waals surface area contributed by atoms with Crippen molar-refractivity contribution in [3.8, 4) is 0 Å². The van der Waals surface area contributed by atoms with E-state index >= 15 is 0 Å². The molecule has 1 aromatic heterocycles. The van der Waals surface area contributed by atoms with E-state index in [1.165, 1.54) is 11.1 Å². The predicted molar refractivity (Wildman–Crippen MR) is 63.0 cm³/mol. The van der Waals surface area contributed by atoms with E-state index < -0.39 is 5.91 Å². The van der Waals surface area contributed by atoms with Gasteiger partial charge in [0.05, 0.1) is 29.6 Å². The second-order valence-corrected chi connectivity index (χ2v) is 4.72. The molecule has 0 aromatic carbocycles. The molecule has 0 bridgehead atoms. The SMILES string of the molecule is NNC(=O)c1ccc(CN2C(=O)C3CC3C2=O)nc1. The number of carbonyl (C=O) groups is 3. The lowest BCUT2D eigenvalue weighted by Gasteiger charge is -2.15. The van der Waals surface area contributed by atoms with Gasteiger partial charge in [0, 0.05) is 6.20 Å². The molecule has 1 saturated heterocycles. The number of nitrogens with one attached hydrogen (secondary N) is 1. The number of hydrogen-bond acceptors (Lipinski definition) is 5. The van der Waals surface area contributed by atoms with Crippen LogP contribution in [0.5, 0.6) is 0 Å². The van der Waals surface area contributed by atoms with E-state index in [1.807, 2.05) is 5.43 Å². The van der Waals surface area contributed by atoms with Crippen LogP contribution in [-0.4, -0.2) is 27.6 Å². The minimum absolute atomic E-state index is 0.102. The van der Waals surface area contributed by atoms with Crippen molar-refractivity contribution in [3.63, 3.8) is 0 Å². The first-order chi connectivity index (χ1) is 9.11. The fraction of sp³-hybridized carbons (Fsp3) is 0.333. The number of hydrogen-bond donors (Lipinski definition) is 2. The normalized spacial score (nSPS) is 24.4. The lowest BCUT2D eigenvalue weighted by molar-refractivity contribution is -0.142. The van der Waals surface area contributed by atoms with Crippen molar-refractivity contribution in [1.29, 1.82) is 0 Å². The van der Waals surface area contributed by atoms with Gasteiger partial charge in [-0.2, -0.15) is 0 Å². The molecule has 0 spiro atoms. The summed E-state index contributed by atoms with van der Waals surface area (Å²) in [5.41, 5.74) is 2.90. The monoisotopic (exact) mass is 260 g/mol. The van der Waals surface area contributed by atoms with Crippen LogP contribution in [-0.2, 0) is 16.1 Å². The number of pyridine rings is 1. The predicted octanol–water partition coefficient (Wildman–Crippen LogP) is -0.810. The summed E-state index contributed by atoms with van der Waals surface area (Å²) in [6.07, 6.45) is 2.06. The highest BCUT2D eigenvalue weighted by Crippen LogP contribution is 2.47. The Morgan fingerprint density at radius 3 is 2.58 bits per heavy atom. The Labute approximate surface area is 108 Å². The lowest BCUT2D eigenvalue weighted by atomic mass is 10.2. The minimum atomic E-state index is -0.436. The van der Waals surface area contributed by atoms with Crippen LogP contribution >= 0.6 is 0 Å². The standard InChI is InChI=1S/C12H12N4O3/c13-15-10(17)6-1-2-7(14-4-6)5-16-11(18)8-3-9(8)12(16)19/h1-2,4,8-9H,3,5,13H2,(H,15,17). The number of fused-ring (bicyclic) bond motifs is 1. The van der Waals surface area contributed by atoms with Crippen molar-refractivity contribution in [2.24, 2.45) is 17.7 Å². The zero-order chi connectivity index (χ0) is 13.6. The number of aromatic nitrogens is 1. The van der Waals surface area contributed by atoms with E-state index in [2.05, 4.69) is 4.98 Å². The summed E-state index contributed by atoms with van der Waals surface area (Å²) in [7, 11) is 0. The van der Waals surface area contributed by atoms with Crippen LogP contribution in [0.3, 0.4) is 0 Å². The number of hydrazine groups is 1. The van der Waals surface area contributed by atoms with E-state index in [0.717, 1.165) is 0 Å². The van der Waals surface area contributed by atoms with Gasteiger partial charge in [0.15, 0.2) is 0 Å². The van der Waals surface area contributed by atoms with Crippen LogP contribution in [0.2, 0.25) is 0 Å². The molecule has 2 fully saturated rings. The van der Waals surface area contributed by atoms with E-state index in [-0.39, 0.29) is 30.2 Å². The van der Waals surface area contributed by atoms with Crippen LogP contribution in [0, 0.1) is 11.8 Å². The van der Waals surface area contributed by atoms with Gasteiger partial charge in [0.2, 0.25) is 11.8 Å². The zero-order valence-electron chi connectivity index (χ0n) is 10.00. The van der Waals surface area contributed by atoms with Crippen molar-refractivity contribution >= 4 is 17.7 Å². The molecule has 3 N–H and O–H groups in total. The van der Waals surface area contributed by atoms with Gasteiger partial charge in [0.1, 0.15) is 0 Å². The molecule has 3 rings (SSSR count). The molecular weight excluding hydrogens is 248 g/mol. The fourth-order valence-corrected chi connectivity index (χ4v) is 2.30. The third-order valence-electron chi connectivity index (χ3n) is 3.50. The van der Waals surface area contributed by atoms with Crippen LogP contribution in [0.25, 0.3) is 0 Å². The highest BCUT2D eigenvalue weighted by atomic mass is 16.2. The molecule has 1 aromatic rings. The van der Waals surface area contributed by atoms with Crippen molar-refractivity contribution in [1.82, 2.24) is 15.3 Å². The van der Waals surface area contributed by atoms with Crippen molar-refractivity contribution in [2.45, 2.75) is 13.0 Å². The molecule has 2 heterocycles. The van der Waals surface area contributed by atoms with Gasteiger partial charge in [0.25, 0.3) is 5.91 Å². The topological polar surface area (TPSA) is 105 Å². The Balaban J connectivity index is 1.72. The van der Waals surface area contributed by atoms with E-state index in [1.54, 1.807) is 12.1 Å². The summed E-state index contributed by atoms with van der Waals surface area (Å²) in [4.78, 5) is 40.1. The average Bonchev–Trinajstić information content (AvgIpc) is 3.19. The van der Waals surface area contributed by atoms with Gasteiger partial charge in [-0.05, 0) is 18.6 Å². The Kier molecular flexibility index (Phi) is 2.56. The smallest absolute Gasteiger partial charge is 0.266 e. The molecular formula is C12H12N4O3. The number of piperidine rings is 1. The maximum Gasteiger partial charge on any atom is 0.266 e. The minimum Gasteiger partial charge on any atom is -0.290 e. The second kappa shape index (κ2) is 4.13. The summed E-state index contributed by atoms with van der Waals surface area (Å²) >= 11 is 0. The van der Waals surface area contributed by atoms with Gasteiger partial charge in [-0.1, -0.05) is 0 Å². The second-order valence-electron chi connectivity index (χ2n) is 4.72. The summed E-state index contributed by atoms with van der Waals surface area (Å²) in [6.45, 7) is 0.162. The van der Waals surface area contributed by atoms with Crippen LogP contribution in [0.1, 0.15) is 22.5 Å². The Bertz CT molecular complexity index is 549. The van der Waals surface area contributed by atoms with Gasteiger partial charge >= 0.3 is 0 Å². The summed E-state index contributed by atoms with van der Waals surface area (Å²) in [6, 6.07) is 3.16. The number of nitrogen functional groups attached to an aromatic ring is 1. The third kappa shape index (κ3) is 1.88. The average molecular weight is 260 g/mol. The number of likely N-dealkylation sites (tertiary alicyclic amines) is 1. The molecule has 98 valence electrons. The van der Waals surface area contributed by atoms with E-state index in [0.29, 0.717) is 17.7 Å². The fourth-order valence-electron chi connectivity index (χ4n) is 2.30. The van der Waals surface area contributed by atoms with Crippen molar-refractivity contribution < 1.29 is 14.4 Å². The molecule has 7 heteroatoms. The maximum atomic E-state index is 11.8. The van der Waals surface area contributed by atoms with Crippen LogP contribution in [0.15, 0.2) is 18.3 Å². The van der Waals surface area contributed by atoms with Gasteiger partial charge < -0.3 is 0 Å². The van der Waals surface area contributed by atoms with Gasteiger partial charge in [-0.25, -0.2) is 5.84 Å². The number of rotatable bonds is 3. The van der Waals surface area contributed by atoms with Crippen LogP contribution in [0.4, 0.5) is 0 Å². The molecule has 1 aliphatic heterocycles. The summed E-state index contributed by atoms with van der Waals surface area (Å²) < 4.78 is 0. The first kappa shape index (κ1) is 11.8. The lowest BCUT2D eigenvalue weighted by Crippen LogP contribution is -2.33. The van der Waals surface area contributed by atoms with Gasteiger partial charge in [-0.15, -0.1) is 0 Å².